The highest BCUT2D eigenvalue weighted by molar-refractivity contribution is 6.07. The smallest absolute Gasteiger partial charge is 0.328 e. The zero-order valence-corrected chi connectivity index (χ0v) is 15.9. The van der Waals surface area contributed by atoms with Crippen molar-refractivity contribution in [1.82, 2.24) is 24.9 Å². The number of rotatable bonds is 7. The summed E-state index contributed by atoms with van der Waals surface area (Å²) < 4.78 is 2.69. The van der Waals surface area contributed by atoms with Gasteiger partial charge in [-0.15, -0.1) is 0 Å². The van der Waals surface area contributed by atoms with Gasteiger partial charge < -0.3 is 15.7 Å². The summed E-state index contributed by atoms with van der Waals surface area (Å²) in [6, 6.07) is 0.553. The quantitative estimate of drug-likeness (QED) is 0.661. The third kappa shape index (κ3) is 4.05. The van der Waals surface area contributed by atoms with Crippen molar-refractivity contribution in [1.29, 1.82) is 0 Å². The van der Waals surface area contributed by atoms with Crippen LogP contribution in [-0.4, -0.2) is 48.5 Å². The van der Waals surface area contributed by atoms with E-state index in [1.165, 1.54) is 19.2 Å². The SMILES string of the molecule is CCn1cc(NC(=O)c2ccnn2C(C)C(=O)O)c(C(=O)NC2CCCC2)n1. The fraction of sp³-hybridized carbons (Fsp3) is 0.500. The van der Waals surface area contributed by atoms with Crippen LogP contribution in [0.3, 0.4) is 0 Å². The van der Waals surface area contributed by atoms with Gasteiger partial charge >= 0.3 is 5.97 Å². The van der Waals surface area contributed by atoms with Crippen LogP contribution in [0, 0.1) is 0 Å². The van der Waals surface area contributed by atoms with Gasteiger partial charge in [0.2, 0.25) is 0 Å². The molecule has 1 unspecified atom stereocenters. The van der Waals surface area contributed by atoms with Crippen molar-refractivity contribution in [2.75, 3.05) is 5.32 Å². The molecule has 1 atom stereocenters. The van der Waals surface area contributed by atoms with Crippen LogP contribution in [0.1, 0.15) is 66.5 Å². The Morgan fingerprint density at radius 1 is 1.29 bits per heavy atom. The van der Waals surface area contributed by atoms with Crippen LogP contribution in [0.15, 0.2) is 18.5 Å². The lowest BCUT2D eigenvalue weighted by molar-refractivity contribution is -0.140. The maximum atomic E-state index is 12.7. The number of nitrogens with one attached hydrogen (secondary N) is 2. The molecular weight excluding hydrogens is 364 g/mol. The first-order valence-electron chi connectivity index (χ1n) is 9.36. The molecule has 2 heterocycles. The minimum absolute atomic E-state index is 0.0845. The van der Waals surface area contributed by atoms with Gasteiger partial charge in [0.05, 0.1) is 5.69 Å². The third-order valence-electron chi connectivity index (χ3n) is 4.87. The van der Waals surface area contributed by atoms with E-state index in [1.807, 2.05) is 6.92 Å². The van der Waals surface area contributed by atoms with Gasteiger partial charge in [0.1, 0.15) is 11.7 Å². The molecule has 1 aliphatic rings. The molecule has 0 aromatic carbocycles. The minimum atomic E-state index is -1.10. The van der Waals surface area contributed by atoms with Crippen molar-refractivity contribution in [3.63, 3.8) is 0 Å². The highest BCUT2D eigenvalue weighted by Crippen LogP contribution is 2.20. The summed E-state index contributed by atoms with van der Waals surface area (Å²) in [4.78, 5) is 36.6. The van der Waals surface area contributed by atoms with Gasteiger partial charge in [-0.2, -0.15) is 10.2 Å². The second-order valence-electron chi connectivity index (χ2n) is 6.83. The van der Waals surface area contributed by atoms with E-state index < -0.39 is 17.9 Å². The molecule has 2 aromatic rings. The van der Waals surface area contributed by atoms with E-state index in [1.54, 1.807) is 10.9 Å². The first-order valence-corrected chi connectivity index (χ1v) is 9.36. The van der Waals surface area contributed by atoms with Crippen LogP contribution in [-0.2, 0) is 11.3 Å². The third-order valence-corrected chi connectivity index (χ3v) is 4.87. The molecule has 0 bridgehead atoms. The summed E-state index contributed by atoms with van der Waals surface area (Å²) in [6.07, 6.45) is 7.00. The maximum Gasteiger partial charge on any atom is 0.328 e. The molecule has 10 nitrogen and oxygen atoms in total. The van der Waals surface area contributed by atoms with Gasteiger partial charge in [-0.05, 0) is 32.8 Å². The average Bonchev–Trinajstić information content (AvgIpc) is 3.41. The van der Waals surface area contributed by atoms with E-state index in [4.69, 9.17) is 0 Å². The van der Waals surface area contributed by atoms with Crippen molar-refractivity contribution in [2.45, 2.75) is 58.2 Å². The summed E-state index contributed by atoms with van der Waals surface area (Å²) in [5.74, 6) is -1.99. The van der Waals surface area contributed by atoms with Gasteiger partial charge in [-0.3, -0.25) is 14.3 Å². The largest absolute Gasteiger partial charge is 0.480 e. The number of aliphatic carboxylic acids is 1. The van der Waals surface area contributed by atoms with E-state index in [0.717, 1.165) is 30.4 Å². The van der Waals surface area contributed by atoms with E-state index >= 15 is 0 Å². The number of amides is 2. The molecule has 28 heavy (non-hydrogen) atoms. The predicted octanol–water partition coefficient (Wildman–Crippen LogP) is 1.67. The van der Waals surface area contributed by atoms with Gasteiger partial charge in [-0.1, -0.05) is 12.8 Å². The van der Waals surface area contributed by atoms with Crippen LogP contribution < -0.4 is 10.6 Å². The summed E-state index contributed by atoms with van der Waals surface area (Å²) in [7, 11) is 0. The molecule has 3 N–H and O–H groups in total. The Hall–Kier alpha value is -3.17. The number of anilines is 1. The lowest BCUT2D eigenvalue weighted by Gasteiger charge is -2.13. The predicted molar refractivity (Wildman–Crippen MR) is 100 cm³/mol. The normalized spacial score (nSPS) is 15.4. The zero-order valence-electron chi connectivity index (χ0n) is 15.9. The first-order chi connectivity index (χ1) is 13.4. The monoisotopic (exact) mass is 388 g/mol. The standard InChI is InChI=1S/C18H24N6O4/c1-3-23-10-13(15(22-23)17(26)20-12-6-4-5-7-12)21-16(25)14-8-9-19-24(14)11(2)18(27)28/h8-12H,3-7H2,1-2H3,(H,20,26)(H,21,25)(H,27,28). The van der Waals surface area contributed by atoms with Crippen LogP contribution >= 0.6 is 0 Å². The second-order valence-corrected chi connectivity index (χ2v) is 6.83. The number of aryl methyl sites for hydroxylation is 1. The van der Waals surface area contributed by atoms with Crippen molar-refractivity contribution in [3.8, 4) is 0 Å². The van der Waals surface area contributed by atoms with E-state index in [9.17, 15) is 19.5 Å². The molecule has 1 saturated carbocycles. The second kappa shape index (κ2) is 8.24. The number of carbonyl (C=O) groups is 3. The molecular formula is C18H24N6O4. The molecule has 0 aliphatic heterocycles. The molecule has 10 heteroatoms. The van der Waals surface area contributed by atoms with Crippen LogP contribution in [0.5, 0.6) is 0 Å². The molecule has 2 amide bonds. The molecule has 1 fully saturated rings. The number of hydrogen-bond acceptors (Lipinski definition) is 5. The number of carbonyl (C=O) groups excluding carboxylic acids is 2. The Balaban J connectivity index is 1.81. The summed E-state index contributed by atoms with van der Waals surface area (Å²) >= 11 is 0. The lowest BCUT2D eigenvalue weighted by atomic mass is 10.2. The highest BCUT2D eigenvalue weighted by Gasteiger charge is 2.25. The zero-order chi connectivity index (χ0) is 20.3. The van der Waals surface area contributed by atoms with Gasteiger partial charge in [-0.25, -0.2) is 9.48 Å². The Morgan fingerprint density at radius 3 is 2.64 bits per heavy atom. The minimum Gasteiger partial charge on any atom is -0.480 e. The number of aromatic nitrogens is 4. The average molecular weight is 388 g/mol. The van der Waals surface area contributed by atoms with Crippen LogP contribution in [0.4, 0.5) is 5.69 Å². The number of carboxylic acid groups (broad SMARTS) is 1. The first kappa shape index (κ1) is 19.6. The van der Waals surface area contributed by atoms with Gasteiger partial charge in [0, 0.05) is 25.0 Å². The maximum absolute atomic E-state index is 12.7. The molecule has 150 valence electrons. The van der Waals surface area contributed by atoms with Crippen molar-refractivity contribution in [2.24, 2.45) is 0 Å². The number of carboxylic acids is 1. The summed E-state index contributed by atoms with van der Waals surface area (Å²) in [6.45, 7) is 3.84. The fourth-order valence-electron chi connectivity index (χ4n) is 3.26. The van der Waals surface area contributed by atoms with Crippen LogP contribution in [0.25, 0.3) is 0 Å². The molecule has 3 rings (SSSR count). The van der Waals surface area contributed by atoms with Gasteiger partial charge in [0.15, 0.2) is 5.69 Å². The van der Waals surface area contributed by atoms with Crippen molar-refractivity contribution in [3.05, 3.63) is 29.8 Å². The Bertz CT molecular complexity index is 881. The van der Waals surface area contributed by atoms with Gasteiger partial charge in [0.25, 0.3) is 11.8 Å². The number of hydrogen-bond donors (Lipinski definition) is 3. The molecule has 2 aromatic heterocycles. The highest BCUT2D eigenvalue weighted by atomic mass is 16.4. The molecule has 0 saturated heterocycles. The topological polar surface area (TPSA) is 131 Å². The van der Waals surface area contributed by atoms with Crippen molar-refractivity contribution < 1.29 is 19.5 Å². The van der Waals surface area contributed by atoms with E-state index in [2.05, 4.69) is 20.8 Å². The lowest BCUT2D eigenvalue weighted by Crippen LogP contribution is -2.33. The number of nitrogens with zero attached hydrogens (tertiary/aromatic N) is 4. The van der Waals surface area contributed by atoms with Crippen LogP contribution in [0.2, 0.25) is 0 Å². The Kier molecular flexibility index (Phi) is 5.76. The van der Waals surface area contributed by atoms with E-state index in [0.29, 0.717) is 6.54 Å². The molecule has 0 radical (unpaired) electrons. The molecule has 1 aliphatic carbocycles. The van der Waals surface area contributed by atoms with Crippen molar-refractivity contribution >= 4 is 23.5 Å². The summed E-state index contributed by atoms with van der Waals surface area (Å²) in [5, 5.41) is 23.0. The Labute approximate surface area is 161 Å². The Morgan fingerprint density at radius 2 is 2.00 bits per heavy atom. The fourth-order valence-corrected chi connectivity index (χ4v) is 3.26. The van der Waals surface area contributed by atoms with E-state index in [-0.39, 0.29) is 29.0 Å². The summed E-state index contributed by atoms with van der Waals surface area (Å²) in [5.41, 5.74) is 0.499. The molecule has 0 spiro atoms.